The highest BCUT2D eigenvalue weighted by molar-refractivity contribution is 7.09. The van der Waals surface area contributed by atoms with Crippen LogP contribution in [0.2, 0.25) is 0 Å². The minimum absolute atomic E-state index is 0.154. The number of aliphatic hydroxyl groups is 1. The van der Waals surface area contributed by atoms with E-state index in [4.69, 9.17) is 4.74 Å². The normalized spacial score (nSPS) is 13.3. The molecule has 130 valence electrons. The zero-order chi connectivity index (χ0) is 17.5. The molecule has 5 nitrogen and oxygen atoms in total. The highest BCUT2D eigenvalue weighted by Gasteiger charge is 2.14. The number of hydrogen-bond acceptors (Lipinski definition) is 5. The molecule has 0 saturated heterocycles. The number of hydrogen-bond donors (Lipinski definition) is 2. The van der Waals surface area contributed by atoms with E-state index in [0.29, 0.717) is 17.9 Å². The first-order chi connectivity index (χ1) is 11.5. The van der Waals surface area contributed by atoms with Crippen molar-refractivity contribution >= 4 is 17.2 Å². The van der Waals surface area contributed by atoms with Gasteiger partial charge >= 0.3 is 0 Å². The summed E-state index contributed by atoms with van der Waals surface area (Å²) in [6.07, 6.45) is 0.336. The third-order valence-electron chi connectivity index (χ3n) is 3.92. The molecule has 0 saturated carbocycles. The SMILES string of the molecule is CCC(C)C(O)CNC(=O)c1cccc(OCc2csc(C)n2)c1. The second kappa shape index (κ2) is 8.80. The van der Waals surface area contributed by atoms with E-state index in [0.717, 1.165) is 17.1 Å². The maximum absolute atomic E-state index is 12.2. The van der Waals surface area contributed by atoms with Gasteiger partial charge in [0.15, 0.2) is 0 Å². The van der Waals surface area contributed by atoms with E-state index in [1.165, 1.54) is 0 Å². The monoisotopic (exact) mass is 348 g/mol. The zero-order valence-electron chi connectivity index (χ0n) is 14.3. The van der Waals surface area contributed by atoms with E-state index in [-0.39, 0.29) is 18.4 Å². The summed E-state index contributed by atoms with van der Waals surface area (Å²) in [4.78, 5) is 16.5. The predicted octanol–water partition coefficient (Wildman–Crippen LogP) is 3.17. The van der Waals surface area contributed by atoms with Crippen LogP contribution in [0.3, 0.4) is 0 Å². The molecule has 0 aliphatic heterocycles. The Balaban J connectivity index is 1.90. The van der Waals surface area contributed by atoms with Crippen molar-refractivity contribution in [2.75, 3.05) is 6.54 Å². The maximum Gasteiger partial charge on any atom is 0.251 e. The van der Waals surface area contributed by atoms with Crippen LogP contribution in [0, 0.1) is 12.8 Å². The number of nitrogens with one attached hydrogen (secondary N) is 1. The van der Waals surface area contributed by atoms with E-state index in [9.17, 15) is 9.90 Å². The number of aromatic nitrogens is 1. The van der Waals surface area contributed by atoms with Crippen LogP contribution in [0.1, 0.15) is 41.3 Å². The predicted molar refractivity (Wildman–Crippen MR) is 95.4 cm³/mol. The Labute approximate surface area is 146 Å². The summed E-state index contributed by atoms with van der Waals surface area (Å²) in [5, 5.41) is 15.7. The van der Waals surface area contributed by atoms with E-state index >= 15 is 0 Å². The van der Waals surface area contributed by atoms with Crippen molar-refractivity contribution in [2.45, 2.75) is 39.9 Å². The van der Waals surface area contributed by atoms with Crippen LogP contribution in [0.15, 0.2) is 29.6 Å². The number of benzene rings is 1. The number of carbonyl (C=O) groups is 1. The molecule has 6 heteroatoms. The second-order valence-electron chi connectivity index (χ2n) is 5.84. The first-order valence-electron chi connectivity index (χ1n) is 8.09. The molecule has 2 aromatic rings. The smallest absolute Gasteiger partial charge is 0.251 e. The van der Waals surface area contributed by atoms with Crippen molar-refractivity contribution in [2.24, 2.45) is 5.92 Å². The molecule has 2 atom stereocenters. The molecule has 1 amide bonds. The van der Waals surface area contributed by atoms with Gasteiger partial charge in [0.05, 0.1) is 16.8 Å². The lowest BCUT2D eigenvalue weighted by Crippen LogP contribution is -2.35. The molecule has 24 heavy (non-hydrogen) atoms. The van der Waals surface area contributed by atoms with Crippen molar-refractivity contribution in [3.8, 4) is 5.75 Å². The molecule has 1 aromatic heterocycles. The Morgan fingerprint density at radius 3 is 2.92 bits per heavy atom. The summed E-state index contributed by atoms with van der Waals surface area (Å²) in [6, 6.07) is 7.01. The lowest BCUT2D eigenvalue weighted by atomic mass is 10.0. The fourth-order valence-electron chi connectivity index (χ4n) is 2.13. The van der Waals surface area contributed by atoms with E-state index in [1.54, 1.807) is 29.5 Å². The van der Waals surface area contributed by atoms with Crippen molar-refractivity contribution in [1.29, 1.82) is 0 Å². The van der Waals surface area contributed by atoms with Crippen molar-refractivity contribution in [1.82, 2.24) is 10.3 Å². The van der Waals surface area contributed by atoms with E-state index in [1.807, 2.05) is 32.2 Å². The quantitative estimate of drug-likeness (QED) is 0.769. The summed E-state index contributed by atoms with van der Waals surface area (Å²) in [5.74, 6) is 0.560. The molecular formula is C18H24N2O3S. The van der Waals surface area contributed by atoms with Crippen LogP contribution >= 0.6 is 11.3 Å². The summed E-state index contributed by atoms with van der Waals surface area (Å²) in [6.45, 7) is 6.55. The lowest BCUT2D eigenvalue weighted by Gasteiger charge is -2.17. The molecule has 0 spiro atoms. The number of rotatable bonds is 8. The number of aryl methyl sites for hydroxylation is 1. The van der Waals surface area contributed by atoms with Gasteiger partial charge in [-0.25, -0.2) is 4.98 Å². The van der Waals surface area contributed by atoms with Crippen molar-refractivity contribution < 1.29 is 14.6 Å². The standard InChI is InChI=1S/C18H24N2O3S/c1-4-12(2)17(21)9-19-18(22)14-6-5-7-16(8-14)23-10-15-11-24-13(3)20-15/h5-8,11-12,17,21H,4,9-10H2,1-3H3,(H,19,22). The van der Waals surface area contributed by atoms with Crippen LogP contribution in [-0.2, 0) is 6.61 Å². The molecule has 2 unspecified atom stereocenters. The maximum atomic E-state index is 12.2. The van der Waals surface area contributed by atoms with Gasteiger partial charge in [0.2, 0.25) is 0 Å². The molecule has 0 radical (unpaired) electrons. The van der Waals surface area contributed by atoms with Gasteiger partial charge < -0.3 is 15.2 Å². The molecule has 1 heterocycles. The average molecular weight is 348 g/mol. The van der Waals surface area contributed by atoms with Crippen LogP contribution in [-0.4, -0.2) is 28.6 Å². The van der Waals surface area contributed by atoms with Crippen LogP contribution in [0.4, 0.5) is 0 Å². The number of amides is 1. The second-order valence-corrected chi connectivity index (χ2v) is 6.90. The molecule has 0 aliphatic carbocycles. The minimum Gasteiger partial charge on any atom is -0.487 e. The van der Waals surface area contributed by atoms with Gasteiger partial charge in [0.1, 0.15) is 12.4 Å². The molecule has 1 aromatic carbocycles. The molecule has 0 fully saturated rings. The van der Waals surface area contributed by atoms with E-state index < -0.39 is 6.10 Å². The van der Waals surface area contributed by atoms with E-state index in [2.05, 4.69) is 10.3 Å². The summed E-state index contributed by atoms with van der Waals surface area (Å²) < 4.78 is 5.69. The summed E-state index contributed by atoms with van der Waals surface area (Å²) in [5.41, 5.74) is 1.39. The number of nitrogens with zero attached hydrogens (tertiary/aromatic N) is 1. The first kappa shape index (κ1) is 18.4. The Bertz CT molecular complexity index is 672. The van der Waals surface area contributed by atoms with Gasteiger partial charge in [-0.3, -0.25) is 4.79 Å². The highest BCUT2D eigenvalue weighted by Crippen LogP contribution is 2.16. The fourth-order valence-corrected chi connectivity index (χ4v) is 2.73. The van der Waals surface area contributed by atoms with Gasteiger partial charge in [-0.05, 0) is 31.0 Å². The summed E-state index contributed by atoms with van der Waals surface area (Å²) >= 11 is 1.58. The molecule has 2 N–H and O–H groups in total. The largest absolute Gasteiger partial charge is 0.487 e. The zero-order valence-corrected chi connectivity index (χ0v) is 15.1. The molecule has 2 rings (SSSR count). The number of carbonyl (C=O) groups excluding carboxylic acids is 1. The minimum atomic E-state index is -0.536. The van der Waals surface area contributed by atoms with Gasteiger partial charge in [0, 0.05) is 17.5 Å². The lowest BCUT2D eigenvalue weighted by molar-refractivity contribution is 0.0850. The Kier molecular flexibility index (Phi) is 6.75. The Morgan fingerprint density at radius 1 is 1.46 bits per heavy atom. The molecule has 0 aliphatic rings. The van der Waals surface area contributed by atoms with Gasteiger partial charge in [-0.2, -0.15) is 0 Å². The van der Waals surface area contributed by atoms with Gasteiger partial charge in [-0.1, -0.05) is 26.3 Å². The Hall–Kier alpha value is -1.92. The Morgan fingerprint density at radius 2 is 2.25 bits per heavy atom. The molecular weight excluding hydrogens is 324 g/mol. The highest BCUT2D eigenvalue weighted by atomic mass is 32.1. The van der Waals surface area contributed by atoms with Gasteiger partial charge in [0.25, 0.3) is 5.91 Å². The number of ether oxygens (including phenoxy) is 1. The molecule has 0 bridgehead atoms. The first-order valence-corrected chi connectivity index (χ1v) is 8.97. The van der Waals surface area contributed by atoms with Gasteiger partial charge in [-0.15, -0.1) is 11.3 Å². The fraction of sp³-hybridized carbons (Fsp3) is 0.444. The number of thiazole rings is 1. The van der Waals surface area contributed by atoms with Crippen molar-refractivity contribution in [3.05, 3.63) is 45.9 Å². The topological polar surface area (TPSA) is 71.5 Å². The van der Waals surface area contributed by atoms with Crippen LogP contribution in [0.5, 0.6) is 5.75 Å². The number of aliphatic hydroxyl groups excluding tert-OH is 1. The summed E-state index contributed by atoms with van der Waals surface area (Å²) in [7, 11) is 0. The van der Waals surface area contributed by atoms with Crippen LogP contribution < -0.4 is 10.1 Å². The van der Waals surface area contributed by atoms with Crippen LogP contribution in [0.25, 0.3) is 0 Å². The third-order valence-corrected chi connectivity index (χ3v) is 4.74. The average Bonchev–Trinajstić information content (AvgIpc) is 3.02. The third kappa shape index (κ3) is 5.32. The van der Waals surface area contributed by atoms with Crippen molar-refractivity contribution in [3.63, 3.8) is 0 Å².